The van der Waals surface area contributed by atoms with Gasteiger partial charge in [-0.3, -0.25) is 4.79 Å². The van der Waals surface area contributed by atoms with Gasteiger partial charge in [0.15, 0.2) is 0 Å². The number of carboxylic acid groups (broad SMARTS) is 1. The Morgan fingerprint density at radius 2 is 1.62 bits per heavy atom. The standard InChI is InChI=1S/C14H26O2/c1-3-8-12(9-4-2)14(13(15)16)10-6-5-7-11-14/h12H,3-11H2,1-2H3,(H,15,16). The average Bonchev–Trinajstić information content (AvgIpc) is 2.29. The van der Waals surface area contributed by atoms with Crippen molar-refractivity contribution in [2.75, 3.05) is 0 Å². The smallest absolute Gasteiger partial charge is 0.309 e. The summed E-state index contributed by atoms with van der Waals surface area (Å²) >= 11 is 0. The molecule has 0 saturated heterocycles. The van der Waals surface area contributed by atoms with Crippen LogP contribution in [0.15, 0.2) is 0 Å². The zero-order valence-electron chi connectivity index (χ0n) is 10.8. The summed E-state index contributed by atoms with van der Waals surface area (Å²) in [5.74, 6) is -0.126. The number of carboxylic acids is 1. The van der Waals surface area contributed by atoms with Crippen LogP contribution in [0.5, 0.6) is 0 Å². The van der Waals surface area contributed by atoms with Gasteiger partial charge in [0, 0.05) is 0 Å². The third kappa shape index (κ3) is 2.78. The van der Waals surface area contributed by atoms with Crippen molar-refractivity contribution in [1.29, 1.82) is 0 Å². The van der Waals surface area contributed by atoms with E-state index in [1.807, 2.05) is 0 Å². The molecule has 2 heteroatoms. The van der Waals surface area contributed by atoms with Gasteiger partial charge in [0.1, 0.15) is 0 Å². The van der Waals surface area contributed by atoms with Crippen molar-refractivity contribution in [2.24, 2.45) is 11.3 Å². The van der Waals surface area contributed by atoms with Gasteiger partial charge in [-0.05, 0) is 31.6 Å². The molecule has 0 atom stereocenters. The molecular formula is C14H26O2. The maximum Gasteiger partial charge on any atom is 0.309 e. The first-order valence-corrected chi connectivity index (χ1v) is 6.90. The molecule has 1 fully saturated rings. The zero-order valence-corrected chi connectivity index (χ0v) is 10.8. The quantitative estimate of drug-likeness (QED) is 0.735. The van der Waals surface area contributed by atoms with Crippen LogP contribution in [-0.2, 0) is 4.79 Å². The summed E-state index contributed by atoms with van der Waals surface area (Å²) < 4.78 is 0. The summed E-state index contributed by atoms with van der Waals surface area (Å²) in [6.07, 6.45) is 9.64. The maximum absolute atomic E-state index is 11.7. The summed E-state index contributed by atoms with van der Waals surface area (Å²) in [6, 6.07) is 0. The molecule has 1 aliphatic carbocycles. The number of rotatable bonds is 6. The topological polar surface area (TPSA) is 37.3 Å². The van der Waals surface area contributed by atoms with Gasteiger partial charge < -0.3 is 5.11 Å². The Hall–Kier alpha value is -0.530. The lowest BCUT2D eigenvalue weighted by Gasteiger charge is -2.40. The Bertz CT molecular complexity index is 211. The van der Waals surface area contributed by atoms with Crippen LogP contribution < -0.4 is 0 Å². The minimum Gasteiger partial charge on any atom is -0.481 e. The van der Waals surface area contributed by atoms with Crippen molar-refractivity contribution >= 4 is 5.97 Å². The summed E-state index contributed by atoms with van der Waals surface area (Å²) in [5, 5.41) is 9.61. The molecule has 1 aliphatic rings. The van der Waals surface area contributed by atoms with Gasteiger partial charge in [-0.2, -0.15) is 0 Å². The Balaban J connectivity index is 2.82. The Morgan fingerprint density at radius 1 is 1.12 bits per heavy atom. The van der Waals surface area contributed by atoms with E-state index >= 15 is 0 Å². The molecule has 0 aromatic rings. The van der Waals surface area contributed by atoms with E-state index in [4.69, 9.17) is 0 Å². The summed E-state index contributed by atoms with van der Waals surface area (Å²) in [6.45, 7) is 4.34. The Labute approximate surface area is 99.4 Å². The third-order valence-electron chi connectivity index (χ3n) is 4.23. The molecule has 0 aliphatic heterocycles. The van der Waals surface area contributed by atoms with Crippen LogP contribution >= 0.6 is 0 Å². The highest BCUT2D eigenvalue weighted by Crippen LogP contribution is 2.46. The molecule has 16 heavy (non-hydrogen) atoms. The number of hydrogen-bond acceptors (Lipinski definition) is 1. The van der Waals surface area contributed by atoms with Gasteiger partial charge in [-0.25, -0.2) is 0 Å². The van der Waals surface area contributed by atoms with Crippen LogP contribution in [0.1, 0.15) is 71.6 Å². The maximum atomic E-state index is 11.7. The lowest BCUT2D eigenvalue weighted by Crippen LogP contribution is -2.40. The highest BCUT2D eigenvalue weighted by molar-refractivity contribution is 5.75. The van der Waals surface area contributed by atoms with Gasteiger partial charge in [0.2, 0.25) is 0 Å². The van der Waals surface area contributed by atoms with E-state index in [2.05, 4.69) is 13.8 Å². The fourth-order valence-corrected chi connectivity index (χ4v) is 3.37. The fraction of sp³-hybridized carbons (Fsp3) is 0.929. The van der Waals surface area contributed by atoms with E-state index in [0.29, 0.717) is 5.92 Å². The van der Waals surface area contributed by atoms with Crippen molar-refractivity contribution < 1.29 is 9.90 Å². The van der Waals surface area contributed by atoms with Gasteiger partial charge in [-0.1, -0.05) is 46.0 Å². The second-order valence-electron chi connectivity index (χ2n) is 5.30. The number of carbonyl (C=O) groups is 1. The minimum atomic E-state index is -0.529. The summed E-state index contributed by atoms with van der Waals surface area (Å²) in [4.78, 5) is 11.7. The van der Waals surface area contributed by atoms with Crippen molar-refractivity contribution in [3.8, 4) is 0 Å². The van der Waals surface area contributed by atoms with E-state index < -0.39 is 5.97 Å². The molecule has 1 N–H and O–H groups in total. The van der Waals surface area contributed by atoms with Crippen molar-refractivity contribution in [2.45, 2.75) is 71.6 Å². The van der Waals surface area contributed by atoms with Crippen LogP contribution in [0.3, 0.4) is 0 Å². The highest BCUT2D eigenvalue weighted by atomic mass is 16.4. The monoisotopic (exact) mass is 226 g/mol. The number of hydrogen-bond donors (Lipinski definition) is 1. The minimum absolute atomic E-state index is 0.385. The van der Waals surface area contributed by atoms with Crippen LogP contribution in [-0.4, -0.2) is 11.1 Å². The molecule has 0 bridgehead atoms. The first-order valence-electron chi connectivity index (χ1n) is 6.90. The molecular weight excluding hydrogens is 200 g/mol. The predicted octanol–water partition coefficient (Wildman–Crippen LogP) is 4.24. The molecule has 1 saturated carbocycles. The molecule has 94 valence electrons. The van der Waals surface area contributed by atoms with E-state index in [9.17, 15) is 9.90 Å². The van der Waals surface area contributed by atoms with Crippen molar-refractivity contribution in [3.05, 3.63) is 0 Å². The molecule has 1 rings (SSSR count). The normalized spacial score (nSPS) is 19.9. The second-order valence-corrected chi connectivity index (χ2v) is 5.30. The fourth-order valence-electron chi connectivity index (χ4n) is 3.37. The summed E-state index contributed by atoms with van der Waals surface area (Å²) in [5.41, 5.74) is -0.385. The molecule has 0 heterocycles. The molecule has 0 radical (unpaired) electrons. The lowest BCUT2D eigenvalue weighted by atomic mass is 9.63. The zero-order chi connectivity index (χ0) is 12.0. The van der Waals surface area contributed by atoms with Gasteiger partial charge in [0.25, 0.3) is 0 Å². The Kier molecular flexibility index (Phi) is 5.30. The molecule has 2 nitrogen and oxygen atoms in total. The van der Waals surface area contributed by atoms with Crippen LogP contribution in [0.2, 0.25) is 0 Å². The largest absolute Gasteiger partial charge is 0.481 e. The Morgan fingerprint density at radius 3 is 2.00 bits per heavy atom. The molecule has 0 aromatic carbocycles. The van der Waals surface area contributed by atoms with Crippen molar-refractivity contribution in [3.63, 3.8) is 0 Å². The van der Waals surface area contributed by atoms with Crippen LogP contribution in [0, 0.1) is 11.3 Å². The lowest BCUT2D eigenvalue weighted by molar-refractivity contribution is -0.156. The summed E-state index contributed by atoms with van der Waals surface area (Å²) in [7, 11) is 0. The first-order chi connectivity index (χ1) is 7.67. The molecule has 0 aromatic heterocycles. The van der Waals surface area contributed by atoms with Crippen LogP contribution in [0.4, 0.5) is 0 Å². The van der Waals surface area contributed by atoms with Gasteiger partial charge in [-0.15, -0.1) is 0 Å². The van der Waals surface area contributed by atoms with Gasteiger partial charge >= 0.3 is 5.97 Å². The molecule has 0 unspecified atom stereocenters. The van der Waals surface area contributed by atoms with Crippen molar-refractivity contribution in [1.82, 2.24) is 0 Å². The molecule has 0 amide bonds. The van der Waals surface area contributed by atoms with E-state index in [0.717, 1.165) is 51.4 Å². The SMILES string of the molecule is CCCC(CCC)C1(C(=O)O)CCCCC1. The predicted molar refractivity (Wildman–Crippen MR) is 66.5 cm³/mol. The van der Waals surface area contributed by atoms with E-state index in [1.54, 1.807) is 0 Å². The average molecular weight is 226 g/mol. The third-order valence-corrected chi connectivity index (χ3v) is 4.23. The van der Waals surface area contributed by atoms with Crippen LogP contribution in [0.25, 0.3) is 0 Å². The second kappa shape index (κ2) is 6.27. The molecule has 0 spiro atoms. The number of aliphatic carboxylic acids is 1. The highest BCUT2D eigenvalue weighted by Gasteiger charge is 2.45. The first kappa shape index (κ1) is 13.5. The van der Waals surface area contributed by atoms with E-state index in [1.165, 1.54) is 6.42 Å². The van der Waals surface area contributed by atoms with E-state index in [-0.39, 0.29) is 5.41 Å². The van der Waals surface area contributed by atoms with Gasteiger partial charge in [0.05, 0.1) is 5.41 Å².